The number of carbonyl (C=O) groups is 1. The quantitative estimate of drug-likeness (QED) is 0.294. The van der Waals surface area contributed by atoms with Gasteiger partial charge in [-0.15, -0.1) is 0 Å². The Morgan fingerprint density at radius 3 is 2.04 bits per heavy atom. The lowest BCUT2D eigenvalue weighted by Gasteiger charge is -2.01. The Kier molecular flexibility index (Phi) is 17.6. The summed E-state index contributed by atoms with van der Waals surface area (Å²) in [6, 6.07) is 0. The van der Waals surface area contributed by atoms with E-state index in [-0.39, 0.29) is 6.61 Å². The highest BCUT2D eigenvalue weighted by Gasteiger charge is 1.95. The van der Waals surface area contributed by atoms with Crippen molar-refractivity contribution >= 4 is 5.97 Å². The van der Waals surface area contributed by atoms with Crippen molar-refractivity contribution in [3.8, 4) is 0 Å². The van der Waals surface area contributed by atoms with E-state index >= 15 is 0 Å². The SMILES string of the molecule is CCC=CCC=CC/C=C\CCCCCCCCOCC(=O)O. The Bertz CT molecular complexity index is 343. The molecule has 0 radical (unpaired) electrons. The fourth-order valence-electron chi connectivity index (χ4n) is 2.16. The van der Waals surface area contributed by atoms with Crippen LogP contribution < -0.4 is 0 Å². The van der Waals surface area contributed by atoms with Crippen molar-refractivity contribution in [2.24, 2.45) is 0 Å². The molecule has 0 aromatic rings. The van der Waals surface area contributed by atoms with E-state index in [4.69, 9.17) is 9.84 Å². The standard InChI is InChI=1S/C20H34O3/c1-2-3-4-5-6-7-8-9-10-11-12-13-14-15-16-17-18-23-19-20(21)22/h3-4,6-7,9-10H,2,5,8,11-19H2,1H3,(H,21,22)/b4-3?,7-6?,10-9-. The molecule has 23 heavy (non-hydrogen) atoms. The van der Waals surface area contributed by atoms with Gasteiger partial charge < -0.3 is 9.84 Å². The molecule has 0 fully saturated rings. The Hall–Kier alpha value is -1.35. The highest BCUT2D eigenvalue weighted by Crippen LogP contribution is 2.08. The van der Waals surface area contributed by atoms with Gasteiger partial charge in [-0.05, 0) is 38.5 Å². The fraction of sp³-hybridized carbons (Fsp3) is 0.650. The molecular weight excluding hydrogens is 288 g/mol. The summed E-state index contributed by atoms with van der Waals surface area (Å²) in [6.45, 7) is 2.55. The van der Waals surface area contributed by atoms with Gasteiger partial charge >= 0.3 is 5.97 Å². The smallest absolute Gasteiger partial charge is 0.329 e. The van der Waals surface area contributed by atoms with Crippen LogP contribution in [0.1, 0.15) is 71.1 Å². The first-order chi connectivity index (χ1) is 11.3. The largest absolute Gasteiger partial charge is 0.480 e. The van der Waals surface area contributed by atoms with E-state index in [1.54, 1.807) is 0 Å². The van der Waals surface area contributed by atoms with E-state index in [9.17, 15) is 4.79 Å². The number of allylic oxidation sites excluding steroid dienone is 6. The van der Waals surface area contributed by atoms with Crippen LogP contribution in [0.2, 0.25) is 0 Å². The molecule has 0 spiro atoms. The highest BCUT2D eigenvalue weighted by molar-refractivity contribution is 5.67. The zero-order valence-electron chi connectivity index (χ0n) is 14.7. The number of hydrogen-bond acceptors (Lipinski definition) is 2. The average molecular weight is 322 g/mol. The maximum Gasteiger partial charge on any atom is 0.329 e. The highest BCUT2D eigenvalue weighted by atomic mass is 16.5. The first kappa shape index (κ1) is 21.6. The maximum atomic E-state index is 10.2. The third-order valence-corrected chi connectivity index (χ3v) is 3.42. The van der Waals surface area contributed by atoms with E-state index in [1.165, 1.54) is 32.1 Å². The predicted molar refractivity (Wildman–Crippen MR) is 97.7 cm³/mol. The van der Waals surface area contributed by atoms with Crippen molar-refractivity contribution in [3.63, 3.8) is 0 Å². The van der Waals surface area contributed by atoms with E-state index in [0.29, 0.717) is 6.61 Å². The summed E-state index contributed by atoms with van der Waals surface area (Å²) < 4.78 is 5.00. The molecule has 3 heteroatoms. The maximum absolute atomic E-state index is 10.2. The molecule has 0 saturated heterocycles. The summed E-state index contributed by atoms with van der Waals surface area (Å²) in [5.74, 6) is -0.887. The number of carboxylic acids is 1. The number of unbranched alkanes of at least 4 members (excludes halogenated alkanes) is 6. The Labute approximate surface area is 142 Å². The summed E-state index contributed by atoms with van der Waals surface area (Å²) in [7, 11) is 0. The molecule has 0 rings (SSSR count). The van der Waals surface area contributed by atoms with Gasteiger partial charge in [0, 0.05) is 6.61 Å². The van der Waals surface area contributed by atoms with Crippen LogP contribution >= 0.6 is 0 Å². The molecule has 132 valence electrons. The second kappa shape index (κ2) is 18.7. The number of ether oxygens (including phenoxy) is 1. The van der Waals surface area contributed by atoms with Crippen LogP contribution in [0.4, 0.5) is 0 Å². The minimum absolute atomic E-state index is 0.170. The molecule has 0 heterocycles. The van der Waals surface area contributed by atoms with E-state index in [0.717, 1.165) is 32.1 Å². The number of hydrogen-bond donors (Lipinski definition) is 1. The van der Waals surface area contributed by atoms with Gasteiger partial charge in [0.15, 0.2) is 0 Å². The predicted octanol–water partition coefficient (Wildman–Crippen LogP) is 5.68. The molecule has 0 bridgehead atoms. The molecule has 3 nitrogen and oxygen atoms in total. The van der Waals surface area contributed by atoms with Crippen LogP contribution in [0.25, 0.3) is 0 Å². The second-order valence-electron chi connectivity index (χ2n) is 5.65. The van der Waals surface area contributed by atoms with Crippen molar-refractivity contribution in [1.29, 1.82) is 0 Å². The monoisotopic (exact) mass is 322 g/mol. The molecule has 0 amide bonds. The molecule has 0 aromatic carbocycles. The zero-order chi connectivity index (χ0) is 17.0. The second-order valence-corrected chi connectivity index (χ2v) is 5.65. The molecule has 1 N–H and O–H groups in total. The fourth-order valence-corrected chi connectivity index (χ4v) is 2.16. The van der Waals surface area contributed by atoms with Gasteiger partial charge in [-0.1, -0.05) is 69.1 Å². The van der Waals surface area contributed by atoms with Gasteiger partial charge in [-0.3, -0.25) is 0 Å². The molecule has 0 aliphatic rings. The van der Waals surface area contributed by atoms with Crippen molar-refractivity contribution in [2.45, 2.75) is 71.1 Å². The van der Waals surface area contributed by atoms with E-state index in [1.807, 2.05) is 0 Å². The molecule has 0 unspecified atom stereocenters. The third kappa shape index (κ3) is 20.6. The van der Waals surface area contributed by atoms with Crippen molar-refractivity contribution < 1.29 is 14.6 Å². The number of carboxylic acid groups (broad SMARTS) is 1. The first-order valence-electron chi connectivity index (χ1n) is 9.02. The lowest BCUT2D eigenvalue weighted by Crippen LogP contribution is -2.07. The number of aliphatic carboxylic acids is 1. The minimum Gasteiger partial charge on any atom is -0.480 e. The van der Waals surface area contributed by atoms with Gasteiger partial charge in [0.1, 0.15) is 6.61 Å². The Morgan fingerprint density at radius 1 is 0.826 bits per heavy atom. The minimum atomic E-state index is -0.887. The molecule has 0 saturated carbocycles. The molecule has 0 atom stereocenters. The van der Waals surface area contributed by atoms with Crippen LogP contribution in [0, 0.1) is 0 Å². The molecule has 0 aliphatic carbocycles. The first-order valence-corrected chi connectivity index (χ1v) is 9.02. The van der Waals surface area contributed by atoms with E-state index < -0.39 is 5.97 Å². The zero-order valence-corrected chi connectivity index (χ0v) is 14.7. The van der Waals surface area contributed by atoms with Gasteiger partial charge in [0.2, 0.25) is 0 Å². The summed E-state index contributed by atoms with van der Waals surface area (Å²) >= 11 is 0. The number of rotatable bonds is 16. The summed E-state index contributed by atoms with van der Waals surface area (Å²) in [4.78, 5) is 10.2. The van der Waals surface area contributed by atoms with Gasteiger partial charge in [0.05, 0.1) is 0 Å². The van der Waals surface area contributed by atoms with Gasteiger partial charge in [-0.2, -0.15) is 0 Å². The van der Waals surface area contributed by atoms with Gasteiger partial charge in [0.25, 0.3) is 0 Å². The summed E-state index contributed by atoms with van der Waals surface area (Å²) in [5.41, 5.74) is 0. The molecule has 0 aromatic heterocycles. The van der Waals surface area contributed by atoms with Gasteiger partial charge in [-0.25, -0.2) is 4.79 Å². The van der Waals surface area contributed by atoms with Crippen molar-refractivity contribution in [2.75, 3.05) is 13.2 Å². The lowest BCUT2D eigenvalue weighted by molar-refractivity contribution is -0.142. The molecular formula is C20H34O3. The van der Waals surface area contributed by atoms with Crippen molar-refractivity contribution in [3.05, 3.63) is 36.5 Å². The van der Waals surface area contributed by atoms with Crippen LogP contribution in [0.3, 0.4) is 0 Å². The normalized spacial score (nSPS) is 12.0. The lowest BCUT2D eigenvalue weighted by atomic mass is 10.1. The summed E-state index contributed by atoms with van der Waals surface area (Å²) in [6.07, 6.45) is 24.9. The Balaban J connectivity index is 3.19. The van der Waals surface area contributed by atoms with Crippen LogP contribution in [0.5, 0.6) is 0 Å². The van der Waals surface area contributed by atoms with Crippen LogP contribution in [-0.4, -0.2) is 24.3 Å². The Morgan fingerprint density at radius 2 is 1.39 bits per heavy atom. The molecule has 0 aliphatic heterocycles. The van der Waals surface area contributed by atoms with E-state index in [2.05, 4.69) is 43.4 Å². The third-order valence-electron chi connectivity index (χ3n) is 3.42. The van der Waals surface area contributed by atoms with Crippen molar-refractivity contribution in [1.82, 2.24) is 0 Å². The topological polar surface area (TPSA) is 46.5 Å². The summed E-state index contributed by atoms with van der Waals surface area (Å²) in [5, 5.41) is 8.41. The average Bonchev–Trinajstić information content (AvgIpc) is 2.53. The van der Waals surface area contributed by atoms with Crippen LogP contribution in [-0.2, 0) is 9.53 Å². The van der Waals surface area contributed by atoms with Crippen LogP contribution in [0.15, 0.2) is 36.5 Å².